The molecule has 1 fully saturated rings. The molecular formula is C15H19N3O2S. The van der Waals surface area contributed by atoms with Gasteiger partial charge in [-0.2, -0.15) is 0 Å². The van der Waals surface area contributed by atoms with Crippen LogP contribution in [-0.2, 0) is 0 Å². The van der Waals surface area contributed by atoms with Gasteiger partial charge in [-0.15, -0.1) is 0 Å². The van der Waals surface area contributed by atoms with Crippen LogP contribution in [0.25, 0.3) is 10.2 Å². The molecule has 1 saturated carbocycles. The average Bonchev–Trinajstić information content (AvgIpc) is 2.90. The van der Waals surface area contributed by atoms with Crippen LogP contribution in [-0.4, -0.2) is 28.8 Å². The van der Waals surface area contributed by atoms with Crippen molar-refractivity contribution >= 4 is 32.7 Å². The van der Waals surface area contributed by atoms with Crippen LogP contribution in [0.2, 0.25) is 0 Å². The minimum Gasteiger partial charge on any atom is -0.396 e. The fourth-order valence-electron chi connectivity index (χ4n) is 2.73. The Bertz CT molecular complexity index is 587. The number of para-hydroxylation sites is 1. The zero-order valence-electron chi connectivity index (χ0n) is 11.7. The lowest BCUT2D eigenvalue weighted by Gasteiger charge is -2.27. The van der Waals surface area contributed by atoms with E-state index in [0.717, 1.165) is 35.9 Å². The first-order valence-electron chi connectivity index (χ1n) is 7.28. The Morgan fingerprint density at radius 2 is 2.05 bits per heavy atom. The number of hydrogen-bond acceptors (Lipinski definition) is 4. The van der Waals surface area contributed by atoms with Crippen LogP contribution in [0, 0.1) is 5.92 Å². The molecule has 1 aliphatic rings. The summed E-state index contributed by atoms with van der Waals surface area (Å²) in [5.41, 5.74) is 0.904. The van der Waals surface area contributed by atoms with Gasteiger partial charge in [0.05, 0.1) is 10.2 Å². The van der Waals surface area contributed by atoms with Crippen LogP contribution in [0.15, 0.2) is 24.3 Å². The number of nitrogens with one attached hydrogen (secondary N) is 2. The summed E-state index contributed by atoms with van der Waals surface area (Å²) in [7, 11) is 0. The minimum atomic E-state index is -0.193. The third-order valence-electron chi connectivity index (χ3n) is 3.95. The van der Waals surface area contributed by atoms with E-state index in [0.29, 0.717) is 11.0 Å². The Hall–Kier alpha value is -1.66. The van der Waals surface area contributed by atoms with Crippen molar-refractivity contribution in [3.63, 3.8) is 0 Å². The first-order chi connectivity index (χ1) is 10.2. The normalized spacial score (nSPS) is 22.1. The predicted octanol–water partition coefficient (Wildman–Crippen LogP) is 2.97. The van der Waals surface area contributed by atoms with Crippen LogP contribution in [0.5, 0.6) is 0 Å². The number of aliphatic hydroxyl groups is 1. The first-order valence-corrected chi connectivity index (χ1v) is 8.10. The van der Waals surface area contributed by atoms with Crippen LogP contribution in [0.4, 0.5) is 9.93 Å². The first kappa shape index (κ1) is 14.3. The summed E-state index contributed by atoms with van der Waals surface area (Å²) in [6.07, 6.45) is 3.81. The van der Waals surface area contributed by atoms with Gasteiger partial charge in [0.2, 0.25) is 0 Å². The lowest BCUT2D eigenvalue weighted by atomic mass is 9.87. The number of amides is 2. The highest BCUT2D eigenvalue weighted by atomic mass is 32.1. The second kappa shape index (κ2) is 6.41. The van der Waals surface area contributed by atoms with Crippen molar-refractivity contribution in [3.8, 4) is 0 Å². The van der Waals surface area contributed by atoms with Crippen LogP contribution in [0.1, 0.15) is 25.7 Å². The molecule has 112 valence electrons. The highest BCUT2D eigenvalue weighted by Crippen LogP contribution is 2.26. The van der Waals surface area contributed by atoms with Crippen molar-refractivity contribution in [2.75, 3.05) is 11.9 Å². The number of fused-ring (bicyclic) bond motifs is 1. The monoisotopic (exact) mass is 305 g/mol. The Kier molecular flexibility index (Phi) is 4.36. The van der Waals surface area contributed by atoms with Crippen molar-refractivity contribution in [1.82, 2.24) is 10.3 Å². The molecule has 0 bridgehead atoms. The Labute approximate surface area is 127 Å². The number of aromatic nitrogens is 1. The van der Waals surface area contributed by atoms with Gasteiger partial charge in [-0.25, -0.2) is 9.78 Å². The van der Waals surface area contributed by atoms with Gasteiger partial charge in [0.25, 0.3) is 0 Å². The van der Waals surface area contributed by atoms with E-state index in [2.05, 4.69) is 15.6 Å². The number of carbonyl (C=O) groups is 1. The molecule has 1 aromatic carbocycles. The number of hydrogen-bond donors (Lipinski definition) is 3. The van der Waals surface area contributed by atoms with E-state index in [4.69, 9.17) is 5.11 Å². The molecule has 1 aromatic heterocycles. The number of aliphatic hydroxyl groups excluding tert-OH is 1. The Morgan fingerprint density at radius 1 is 1.29 bits per heavy atom. The maximum atomic E-state index is 12.0. The van der Waals surface area contributed by atoms with Crippen molar-refractivity contribution < 1.29 is 9.90 Å². The third-order valence-corrected chi connectivity index (χ3v) is 4.91. The summed E-state index contributed by atoms with van der Waals surface area (Å²) in [5, 5.41) is 15.5. The lowest BCUT2D eigenvalue weighted by Crippen LogP contribution is -2.40. The van der Waals surface area contributed by atoms with Crippen LogP contribution < -0.4 is 10.6 Å². The van der Waals surface area contributed by atoms with E-state index in [1.807, 2.05) is 24.3 Å². The summed E-state index contributed by atoms with van der Waals surface area (Å²) in [5.74, 6) is 0.398. The van der Waals surface area contributed by atoms with Crippen molar-refractivity contribution in [3.05, 3.63) is 24.3 Å². The maximum Gasteiger partial charge on any atom is 0.321 e. The molecule has 0 aliphatic heterocycles. The standard InChI is InChI=1S/C15H19N3O2S/c19-9-10-5-7-11(8-6-10)16-14(20)18-15-17-12-3-1-2-4-13(12)21-15/h1-4,10-11,19H,5-9H2,(H2,16,17,18,20). The maximum absolute atomic E-state index is 12.0. The van der Waals surface area contributed by atoms with Gasteiger partial charge in [0.15, 0.2) is 5.13 Å². The van der Waals surface area contributed by atoms with Crippen molar-refractivity contribution in [2.45, 2.75) is 31.7 Å². The summed E-state index contributed by atoms with van der Waals surface area (Å²) in [6, 6.07) is 7.83. The van der Waals surface area contributed by atoms with E-state index in [1.54, 1.807) is 0 Å². The second-order valence-corrected chi connectivity index (χ2v) is 6.52. The predicted molar refractivity (Wildman–Crippen MR) is 84.6 cm³/mol. The molecule has 2 aromatic rings. The van der Waals surface area contributed by atoms with Crippen LogP contribution in [0.3, 0.4) is 0 Å². The SMILES string of the molecule is O=C(Nc1nc2ccccc2s1)NC1CCC(CO)CC1. The van der Waals surface area contributed by atoms with Gasteiger partial charge >= 0.3 is 6.03 Å². The highest BCUT2D eigenvalue weighted by molar-refractivity contribution is 7.22. The number of carbonyl (C=O) groups excluding carboxylic acids is 1. The fourth-order valence-corrected chi connectivity index (χ4v) is 3.59. The molecule has 5 nitrogen and oxygen atoms in total. The number of rotatable bonds is 3. The molecule has 1 aliphatic carbocycles. The number of benzene rings is 1. The largest absolute Gasteiger partial charge is 0.396 e. The number of nitrogens with zero attached hydrogens (tertiary/aromatic N) is 1. The molecule has 3 rings (SSSR count). The molecule has 3 N–H and O–H groups in total. The zero-order chi connectivity index (χ0) is 14.7. The Balaban J connectivity index is 1.54. The summed E-state index contributed by atoms with van der Waals surface area (Å²) < 4.78 is 1.07. The lowest BCUT2D eigenvalue weighted by molar-refractivity contribution is 0.176. The quantitative estimate of drug-likeness (QED) is 0.816. The number of thiazole rings is 1. The van der Waals surface area contributed by atoms with Crippen molar-refractivity contribution in [2.24, 2.45) is 5.92 Å². The molecule has 0 unspecified atom stereocenters. The van der Waals surface area contributed by atoms with Gasteiger partial charge in [-0.3, -0.25) is 5.32 Å². The number of urea groups is 1. The summed E-state index contributed by atoms with van der Waals surface area (Å²) in [4.78, 5) is 16.4. The highest BCUT2D eigenvalue weighted by Gasteiger charge is 2.22. The summed E-state index contributed by atoms with van der Waals surface area (Å²) in [6.45, 7) is 0.255. The summed E-state index contributed by atoms with van der Waals surface area (Å²) >= 11 is 1.48. The molecule has 1 heterocycles. The minimum absolute atomic E-state index is 0.193. The molecular weight excluding hydrogens is 286 g/mol. The topological polar surface area (TPSA) is 74.2 Å². The molecule has 21 heavy (non-hydrogen) atoms. The van der Waals surface area contributed by atoms with Gasteiger partial charge in [0.1, 0.15) is 0 Å². The van der Waals surface area contributed by atoms with Gasteiger partial charge in [-0.05, 0) is 43.7 Å². The van der Waals surface area contributed by atoms with E-state index >= 15 is 0 Å². The average molecular weight is 305 g/mol. The van der Waals surface area contributed by atoms with E-state index in [-0.39, 0.29) is 18.7 Å². The Morgan fingerprint density at radius 3 is 2.76 bits per heavy atom. The van der Waals surface area contributed by atoms with E-state index in [1.165, 1.54) is 11.3 Å². The molecule has 0 atom stereocenters. The van der Waals surface area contributed by atoms with Gasteiger partial charge < -0.3 is 10.4 Å². The van der Waals surface area contributed by atoms with Crippen LogP contribution >= 0.6 is 11.3 Å². The third kappa shape index (κ3) is 3.51. The molecule has 6 heteroatoms. The van der Waals surface area contributed by atoms with E-state index < -0.39 is 0 Å². The molecule has 0 radical (unpaired) electrons. The second-order valence-electron chi connectivity index (χ2n) is 5.49. The fraction of sp³-hybridized carbons (Fsp3) is 0.467. The van der Waals surface area contributed by atoms with Gasteiger partial charge in [-0.1, -0.05) is 23.5 Å². The molecule has 0 spiro atoms. The molecule has 0 saturated heterocycles. The van der Waals surface area contributed by atoms with Gasteiger partial charge in [0, 0.05) is 12.6 Å². The van der Waals surface area contributed by atoms with Crippen molar-refractivity contribution in [1.29, 1.82) is 0 Å². The smallest absolute Gasteiger partial charge is 0.321 e. The molecule has 2 amide bonds. The zero-order valence-corrected chi connectivity index (χ0v) is 12.5. The van der Waals surface area contributed by atoms with E-state index in [9.17, 15) is 4.79 Å². The number of anilines is 1.